The summed E-state index contributed by atoms with van der Waals surface area (Å²) >= 11 is 0. The van der Waals surface area contributed by atoms with E-state index in [1.807, 2.05) is 18.2 Å². The average Bonchev–Trinajstić information content (AvgIpc) is 3.04. The molecule has 7 nitrogen and oxygen atoms in total. The van der Waals surface area contributed by atoms with Gasteiger partial charge in [0.2, 0.25) is 5.88 Å². The number of amides is 1. The number of ether oxygens (including phenoxy) is 2. The Morgan fingerprint density at radius 2 is 2.21 bits per heavy atom. The molecule has 1 spiro atoms. The number of hydrogen-bond donors (Lipinski definition) is 0. The van der Waals surface area contributed by atoms with E-state index < -0.39 is 0 Å². The van der Waals surface area contributed by atoms with Crippen LogP contribution in [0.25, 0.3) is 0 Å². The normalized spacial score (nSPS) is 21.5. The predicted octanol–water partition coefficient (Wildman–Crippen LogP) is 1.18. The first-order valence-electron chi connectivity index (χ1n) is 8.00. The van der Waals surface area contributed by atoms with Crippen molar-refractivity contribution in [3.63, 3.8) is 0 Å². The lowest BCUT2D eigenvalue weighted by Crippen LogP contribution is -2.66. The molecule has 7 heteroatoms. The van der Waals surface area contributed by atoms with Gasteiger partial charge in [0, 0.05) is 37.2 Å². The van der Waals surface area contributed by atoms with Gasteiger partial charge in [-0.15, -0.1) is 0 Å². The lowest BCUT2D eigenvalue weighted by molar-refractivity contribution is -0.122. The minimum absolute atomic E-state index is 0.103. The average molecular weight is 326 g/mol. The van der Waals surface area contributed by atoms with Gasteiger partial charge in [0.1, 0.15) is 11.3 Å². The number of pyridine rings is 1. The first kappa shape index (κ1) is 15.0. The number of hydrogen-bond acceptors (Lipinski definition) is 6. The highest BCUT2D eigenvalue weighted by Crippen LogP contribution is 2.40. The Morgan fingerprint density at radius 3 is 2.96 bits per heavy atom. The van der Waals surface area contributed by atoms with Gasteiger partial charge in [-0.2, -0.15) is 0 Å². The molecule has 1 amide bonds. The van der Waals surface area contributed by atoms with Gasteiger partial charge in [-0.3, -0.25) is 9.78 Å². The highest BCUT2D eigenvalue weighted by atomic mass is 16.5. The first-order valence-corrected chi connectivity index (χ1v) is 8.00. The minimum Gasteiger partial charge on any atom is -0.477 e. The van der Waals surface area contributed by atoms with Crippen LogP contribution in [0.3, 0.4) is 0 Å². The quantitative estimate of drug-likeness (QED) is 0.840. The predicted molar refractivity (Wildman–Crippen MR) is 84.5 cm³/mol. The van der Waals surface area contributed by atoms with Crippen molar-refractivity contribution in [3.05, 3.63) is 48.7 Å². The fourth-order valence-corrected chi connectivity index (χ4v) is 3.30. The number of carbonyl (C=O) groups excluding carboxylic acids is 1. The zero-order valence-electron chi connectivity index (χ0n) is 13.2. The van der Waals surface area contributed by atoms with Crippen LogP contribution < -0.4 is 4.74 Å². The Bertz CT molecular complexity index is 704. The maximum absolute atomic E-state index is 12.4. The van der Waals surface area contributed by atoms with Crippen molar-refractivity contribution in [1.29, 1.82) is 0 Å². The zero-order valence-corrected chi connectivity index (χ0v) is 13.2. The smallest absolute Gasteiger partial charge is 0.274 e. The van der Waals surface area contributed by atoms with Gasteiger partial charge in [-0.05, 0) is 12.5 Å². The van der Waals surface area contributed by atoms with Gasteiger partial charge >= 0.3 is 0 Å². The lowest BCUT2D eigenvalue weighted by Gasteiger charge is -2.49. The van der Waals surface area contributed by atoms with Crippen molar-refractivity contribution >= 4 is 5.91 Å². The van der Waals surface area contributed by atoms with Gasteiger partial charge < -0.3 is 14.4 Å². The van der Waals surface area contributed by atoms with Crippen molar-refractivity contribution in [2.75, 3.05) is 26.3 Å². The van der Waals surface area contributed by atoms with Gasteiger partial charge in [-0.25, -0.2) is 9.97 Å². The molecule has 4 rings (SSSR count). The van der Waals surface area contributed by atoms with E-state index in [1.165, 1.54) is 12.4 Å². The van der Waals surface area contributed by atoms with Gasteiger partial charge in [0.05, 0.1) is 25.9 Å². The van der Waals surface area contributed by atoms with E-state index in [4.69, 9.17) is 9.47 Å². The topological polar surface area (TPSA) is 77.4 Å². The third kappa shape index (κ3) is 2.71. The van der Waals surface area contributed by atoms with Crippen LogP contribution in [-0.4, -0.2) is 57.7 Å². The van der Waals surface area contributed by atoms with Crippen molar-refractivity contribution < 1.29 is 14.3 Å². The summed E-state index contributed by atoms with van der Waals surface area (Å²) in [6.45, 7) is 2.38. The maximum atomic E-state index is 12.4. The Hall–Kier alpha value is -2.54. The van der Waals surface area contributed by atoms with E-state index in [0.29, 0.717) is 37.9 Å². The van der Waals surface area contributed by atoms with Crippen molar-refractivity contribution in [2.45, 2.75) is 12.0 Å². The molecule has 0 bridgehead atoms. The highest BCUT2D eigenvalue weighted by molar-refractivity contribution is 5.92. The largest absolute Gasteiger partial charge is 0.477 e. The summed E-state index contributed by atoms with van der Waals surface area (Å²) in [6, 6.07) is 5.59. The minimum atomic E-state index is -0.299. The summed E-state index contributed by atoms with van der Waals surface area (Å²) < 4.78 is 11.7. The first-order chi connectivity index (χ1) is 11.8. The lowest BCUT2D eigenvalue weighted by atomic mass is 9.81. The van der Waals surface area contributed by atoms with Crippen LogP contribution >= 0.6 is 0 Å². The van der Waals surface area contributed by atoms with Gasteiger partial charge in [0.25, 0.3) is 5.91 Å². The SMILES string of the molecule is O=C(c1cnccn1)N1CC2(C1)OCC[C@@H]2COc1ccccn1. The Kier molecular flexibility index (Phi) is 3.86. The summed E-state index contributed by atoms with van der Waals surface area (Å²) in [6.07, 6.45) is 7.21. The molecular weight excluding hydrogens is 308 g/mol. The molecule has 0 N–H and O–H groups in total. The molecule has 4 heterocycles. The maximum Gasteiger partial charge on any atom is 0.274 e. The highest BCUT2D eigenvalue weighted by Gasteiger charge is 2.55. The van der Waals surface area contributed by atoms with Crippen LogP contribution in [-0.2, 0) is 4.74 Å². The molecule has 24 heavy (non-hydrogen) atoms. The Morgan fingerprint density at radius 1 is 1.29 bits per heavy atom. The molecule has 0 radical (unpaired) electrons. The van der Waals surface area contributed by atoms with Crippen LogP contribution in [0.4, 0.5) is 0 Å². The number of likely N-dealkylation sites (tertiary alicyclic amines) is 1. The summed E-state index contributed by atoms with van der Waals surface area (Å²) in [5, 5.41) is 0. The number of rotatable bonds is 4. The van der Waals surface area contributed by atoms with E-state index >= 15 is 0 Å². The second-order valence-corrected chi connectivity index (χ2v) is 6.13. The second kappa shape index (κ2) is 6.16. The van der Waals surface area contributed by atoms with Crippen LogP contribution in [0.15, 0.2) is 43.0 Å². The molecule has 2 saturated heterocycles. The molecule has 124 valence electrons. The molecule has 0 unspecified atom stereocenters. The van der Waals surface area contributed by atoms with Crippen molar-refractivity contribution in [1.82, 2.24) is 19.9 Å². The third-order valence-electron chi connectivity index (χ3n) is 4.66. The van der Waals surface area contributed by atoms with Crippen LogP contribution in [0.1, 0.15) is 16.9 Å². The van der Waals surface area contributed by atoms with Crippen molar-refractivity contribution in [2.24, 2.45) is 5.92 Å². The van der Waals surface area contributed by atoms with E-state index in [9.17, 15) is 4.79 Å². The molecule has 2 aromatic heterocycles. The van der Waals surface area contributed by atoms with Crippen LogP contribution in [0, 0.1) is 5.92 Å². The fraction of sp³-hybridized carbons (Fsp3) is 0.412. The van der Waals surface area contributed by atoms with E-state index in [0.717, 1.165) is 6.42 Å². The monoisotopic (exact) mass is 326 g/mol. The van der Waals surface area contributed by atoms with Crippen molar-refractivity contribution in [3.8, 4) is 5.88 Å². The number of nitrogens with zero attached hydrogens (tertiary/aromatic N) is 4. The standard InChI is InChI=1S/C17H18N4O3/c22-16(14-9-18-6-7-19-14)21-11-17(12-21)13(4-8-24-17)10-23-15-3-1-2-5-20-15/h1-3,5-7,9,13H,4,8,10-12H2/t13-/m1/s1. The molecule has 1 atom stereocenters. The van der Waals surface area contributed by atoms with E-state index in [-0.39, 0.29) is 17.4 Å². The molecule has 0 saturated carbocycles. The van der Waals surface area contributed by atoms with E-state index in [1.54, 1.807) is 17.3 Å². The van der Waals surface area contributed by atoms with Gasteiger partial charge in [0.15, 0.2) is 0 Å². The molecule has 2 aromatic rings. The van der Waals surface area contributed by atoms with Crippen LogP contribution in [0.2, 0.25) is 0 Å². The molecule has 2 aliphatic heterocycles. The fourth-order valence-electron chi connectivity index (χ4n) is 3.30. The summed E-state index contributed by atoms with van der Waals surface area (Å²) in [7, 11) is 0. The summed E-state index contributed by atoms with van der Waals surface area (Å²) in [4.78, 5) is 26.3. The van der Waals surface area contributed by atoms with E-state index in [2.05, 4.69) is 15.0 Å². The molecule has 0 aliphatic carbocycles. The Labute approximate surface area is 139 Å². The number of aromatic nitrogens is 3. The van der Waals surface area contributed by atoms with Crippen LogP contribution in [0.5, 0.6) is 5.88 Å². The zero-order chi connectivity index (χ0) is 16.4. The molecule has 2 fully saturated rings. The number of carbonyl (C=O) groups is 1. The second-order valence-electron chi connectivity index (χ2n) is 6.13. The summed E-state index contributed by atoms with van der Waals surface area (Å²) in [5.41, 5.74) is 0.0683. The molecule has 2 aliphatic rings. The third-order valence-corrected chi connectivity index (χ3v) is 4.66. The molecule has 0 aromatic carbocycles. The summed E-state index contributed by atoms with van der Waals surface area (Å²) in [5.74, 6) is 0.769. The van der Waals surface area contributed by atoms with Gasteiger partial charge in [-0.1, -0.05) is 6.07 Å². The molecular formula is C17H18N4O3. The Balaban J connectivity index is 1.37.